The fourth-order valence-electron chi connectivity index (χ4n) is 3.50. The average Bonchev–Trinajstić information content (AvgIpc) is 2.53. The third kappa shape index (κ3) is 4.18. The number of likely N-dealkylation sites (N-methyl/N-ethyl adjacent to an activating group) is 1. The zero-order valence-electron chi connectivity index (χ0n) is 12.5. The molecule has 2 fully saturated rings. The predicted octanol–water partition coefficient (Wildman–Crippen LogP) is 1.45. The molecule has 0 spiro atoms. The summed E-state index contributed by atoms with van der Waals surface area (Å²) >= 11 is 0. The van der Waals surface area contributed by atoms with E-state index in [0.29, 0.717) is 23.9 Å². The van der Waals surface area contributed by atoms with Gasteiger partial charge in [-0.25, -0.2) is 0 Å². The number of carbonyl (C=O) groups is 1. The zero-order chi connectivity index (χ0) is 13.8. The summed E-state index contributed by atoms with van der Waals surface area (Å²) in [6, 6.07) is 0.725. The van der Waals surface area contributed by atoms with Crippen molar-refractivity contribution >= 4 is 5.91 Å². The van der Waals surface area contributed by atoms with Gasteiger partial charge in [-0.2, -0.15) is 0 Å². The molecule has 1 saturated heterocycles. The van der Waals surface area contributed by atoms with Crippen molar-refractivity contribution in [2.45, 2.75) is 57.5 Å². The van der Waals surface area contributed by atoms with E-state index in [1.54, 1.807) is 0 Å². The first-order valence-electron chi connectivity index (χ1n) is 7.80. The number of hydrogen-bond donors (Lipinski definition) is 1. The Morgan fingerprint density at radius 3 is 2.58 bits per heavy atom. The fraction of sp³-hybridized carbons (Fsp3) is 0.933. The molecule has 110 valence electrons. The van der Waals surface area contributed by atoms with E-state index in [-0.39, 0.29) is 0 Å². The third-order valence-electron chi connectivity index (χ3n) is 4.72. The van der Waals surface area contributed by atoms with Crippen molar-refractivity contribution in [2.24, 2.45) is 11.7 Å². The van der Waals surface area contributed by atoms with Gasteiger partial charge >= 0.3 is 0 Å². The van der Waals surface area contributed by atoms with Gasteiger partial charge in [-0.15, -0.1) is 0 Å². The molecule has 1 saturated carbocycles. The normalized spacial score (nSPS) is 34.1. The molecule has 1 heterocycles. The minimum Gasteiger partial charge on any atom is -0.339 e. The molecule has 0 aromatic carbocycles. The second-order valence-corrected chi connectivity index (χ2v) is 6.54. The molecular formula is C15H29N3O. The van der Waals surface area contributed by atoms with Crippen LogP contribution in [-0.4, -0.2) is 54.5 Å². The largest absolute Gasteiger partial charge is 0.339 e. The minimum atomic E-state index is 0.353. The van der Waals surface area contributed by atoms with Crippen LogP contribution >= 0.6 is 0 Å². The Bertz CT molecular complexity index is 300. The van der Waals surface area contributed by atoms with Gasteiger partial charge in [-0.3, -0.25) is 4.79 Å². The van der Waals surface area contributed by atoms with Crippen molar-refractivity contribution in [1.82, 2.24) is 9.80 Å². The minimum absolute atomic E-state index is 0.353. The van der Waals surface area contributed by atoms with Gasteiger partial charge in [0, 0.05) is 31.6 Å². The zero-order valence-corrected chi connectivity index (χ0v) is 12.5. The fourth-order valence-corrected chi connectivity index (χ4v) is 3.50. The summed E-state index contributed by atoms with van der Waals surface area (Å²) < 4.78 is 0. The van der Waals surface area contributed by atoms with E-state index < -0.39 is 0 Å². The highest BCUT2D eigenvalue weighted by Gasteiger charge is 2.27. The Kier molecular flexibility index (Phi) is 5.22. The van der Waals surface area contributed by atoms with Crippen molar-refractivity contribution in [3.63, 3.8) is 0 Å². The van der Waals surface area contributed by atoms with E-state index >= 15 is 0 Å². The lowest BCUT2D eigenvalue weighted by atomic mass is 9.84. The molecule has 1 aliphatic heterocycles. The van der Waals surface area contributed by atoms with E-state index in [4.69, 9.17) is 5.73 Å². The van der Waals surface area contributed by atoms with Crippen molar-refractivity contribution in [2.75, 3.05) is 26.7 Å². The summed E-state index contributed by atoms with van der Waals surface area (Å²) in [5.74, 6) is 0.934. The van der Waals surface area contributed by atoms with Crippen LogP contribution < -0.4 is 5.73 Å². The highest BCUT2D eigenvalue weighted by Crippen LogP contribution is 2.27. The van der Waals surface area contributed by atoms with E-state index in [9.17, 15) is 4.79 Å². The van der Waals surface area contributed by atoms with E-state index in [0.717, 1.165) is 58.2 Å². The summed E-state index contributed by atoms with van der Waals surface area (Å²) in [5, 5.41) is 0. The second kappa shape index (κ2) is 6.71. The van der Waals surface area contributed by atoms with E-state index in [2.05, 4.69) is 23.8 Å². The van der Waals surface area contributed by atoms with Gasteiger partial charge in [0.1, 0.15) is 0 Å². The molecular weight excluding hydrogens is 238 g/mol. The van der Waals surface area contributed by atoms with Crippen LogP contribution in [0.4, 0.5) is 0 Å². The Morgan fingerprint density at radius 1 is 1.21 bits per heavy atom. The van der Waals surface area contributed by atoms with Crippen LogP contribution in [0.25, 0.3) is 0 Å². The molecule has 1 unspecified atom stereocenters. The Hall–Kier alpha value is -0.610. The maximum absolute atomic E-state index is 12.5. The van der Waals surface area contributed by atoms with Gasteiger partial charge in [0.2, 0.25) is 5.91 Å². The smallest absolute Gasteiger partial charge is 0.223 e. The van der Waals surface area contributed by atoms with E-state index in [1.807, 2.05) is 0 Å². The lowest BCUT2D eigenvalue weighted by Gasteiger charge is -2.31. The first kappa shape index (κ1) is 14.8. The number of amides is 1. The van der Waals surface area contributed by atoms with Gasteiger partial charge in [0.25, 0.3) is 0 Å². The lowest BCUT2D eigenvalue weighted by Crippen LogP contribution is -2.43. The van der Waals surface area contributed by atoms with Crippen LogP contribution in [0.1, 0.15) is 45.4 Å². The number of nitrogens with zero attached hydrogens (tertiary/aromatic N) is 2. The molecule has 2 rings (SSSR count). The molecule has 2 aliphatic rings. The highest BCUT2D eigenvalue weighted by atomic mass is 16.2. The lowest BCUT2D eigenvalue weighted by molar-refractivity contribution is -0.134. The Morgan fingerprint density at radius 2 is 1.89 bits per heavy atom. The highest BCUT2D eigenvalue weighted by molar-refractivity contribution is 5.76. The summed E-state index contributed by atoms with van der Waals surface area (Å²) in [4.78, 5) is 16.9. The number of carbonyl (C=O) groups excluding carboxylic acids is 1. The van der Waals surface area contributed by atoms with Crippen molar-refractivity contribution in [3.05, 3.63) is 0 Å². The molecule has 1 aliphatic carbocycles. The third-order valence-corrected chi connectivity index (χ3v) is 4.72. The quantitative estimate of drug-likeness (QED) is 0.824. The van der Waals surface area contributed by atoms with Gasteiger partial charge < -0.3 is 15.5 Å². The van der Waals surface area contributed by atoms with Crippen LogP contribution in [0.5, 0.6) is 0 Å². The van der Waals surface area contributed by atoms with Gasteiger partial charge in [-0.1, -0.05) is 0 Å². The number of rotatable bonds is 2. The molecule has 4 nitrogen and oxygen atoms in total. The molecule has 4 heteroatoms. The van der Waals surface area contributed by atoms with Crippen LogP contribution in [0.2, 0.25) is 0 Å². The monoisotopic (exact) mass is 267 g/mol. The van der Waals surface area contributed by atoms with Crippen LogP contribution in [0.15, 0.2) is 0 Å². The van der Waals surface area contributed by atoms with Crippen LogP contribution in [-0.2, 0) is 4.79 Å². The Balaban J connectivity index is 1.84. The molecule has 1 atom stereocenters. The van der Waals surface area contributed by atoms with E-state index in [1.165, 1.54) is 0 Å². The molecule has 0 bridgehead atoms. The average molecular weight is 267 g/mol. The Labute approximate surface area is 117 Å². The number of nitrogens with two attached hydrogens (primary N) is 1. The first-order valence-corrected chi connectivity index (χ1v) is 7.80. The molecule has 1 amide bonds. The molecule has 0 aromatic heterocycles. The molecule has 0 aromatic rings. The van der Waals surface area contributed by atoms with Crippen LogP contribution in [0, 0.1) is 5.92 Å². The summed E-state index contributed by atoms with van der Waals surface area (Å²) in [5.41, 5.74) is 5.93. The molecule has 0 radical (unpaired) electrons. The summed E-state index contributed by atoms with van der Waals surface area (Å²) in [6.07, 6.45) is 6.29. The molecule has 19 heavy (non-hydrogen) atoms. The summed E-state index contributed by atoms with van der Waals surface area (Å²) in [6.45, 7) is 5.21. The summed E-state index contributed by atoms with van der Waals surface area (Å²) in [7, 11) is 2.15. The van der Waals surface area contributed by atoms with Crippen molar-refractivity contribution in [3.8, 4) is 0 Å². The van der Waals surface area contributed by atoms with Gasteiger partial charge in [0.15, 0.2) is 0 Å². The van der Waals surface area contributed by atoms with Gasteiger partial charge in [-0.05, 0) is 58.5 Å². The van der Waals surface area contributed by atoms with Crippen LogP contribution in [0.3, 0.4) is 0 Å². The molecule has 2 N–H and O–H groups in total. The topological polar surface area (TPSA) is 49.6 Å². The maximum atomic E-state index is 12.5. The second-order valence-electron chi connectivity index (χ2n) is 6.54. The predicted molar refractivity (Wildman–Crippen MR) is 77.8 cm³/mol. The SMILES string of the molecule is CC1CN(C)CCCN1C(=O)CC1CCC(N)CC1. The number of hydrogen-bond acceptors (Lipinski definition) is 3. The standard InChI is InChI=1S/C15H29N3O/c1-12-11-17(2)8-3-9-18(12)15(19)10-13-4-6-14(16)7-5-13/h12-14H,3-11,16H2,1-2H3. The first-order chi connectivity index (χ1) is 9.06. The maximum Gasteiger partial charge on any atom is 0.223 e. The van der Waals surface area contributed by atoms with Crippen molar-refractivity contribution < 1.29 is 4.79 Å². The van der Waals surface area contributed by atoms with Gasteiger partial charge in [0.05, 0.1) is 0 Å². The van der Waals surface area contributed by atoms with Crippen molar-refractivity contribution in [1.29, 1.82) is 0 Å².